The molecule has 0 bridgehead atoms. The van der Waals surface area contributed by atoms with Gasteiger partial charge < -0.3 is 19.7 Å². The number of methoxy groups -OCH3 is 2. The number of rotatable bonds is 13. The van der Waals surface area contributed by atoms with Crippen LogP contribution in [0.15, 0.2) is 77.7 Å². The van der Waals surface area contributed by atoms with Gasteiger partial charge in [0.25, 0.3) is 10.0 Å². The molecule has 0 aliphatic rings. The van der Waals surface area contributed by atoms with Gasteiger partial charge in [0.15, 0.2) is 0 Å². The number of carbonyl (C=O) groups excluding carboxylic acids is 2. The van der Waals surface area contributed by atoms with Crippen LogP contribution in [0.3, 0.4) is 0 Å². The van der Waals surface area contributed by atoms with Crippen molar-refractivity contribution in [3.8, 4) is 11.5 Å². The summed E-state index contributed by atoms with van der Waals surface area (Å²) in [5, 5.41) is 2.89. The first-order valence-electron chi connectivity index (χ1n) is 13.5. The molecule has 0 aliphatic heterocycles. The Bertz CT molecular complexity index is 1420. The van der Waals surface area contributed by atoms with Gasteiger partial charge in [0.05, 0.1) is 24.8 Å². The average molecular weight is 582 g/mol. The normalized spacial score (nSPS) is 12.0. The third-order valence-corrected chi connectivity index (χ3v) is 8.35. The van der Waals surface area contributed by atoms with Crippen molar-refractivity contribution in [3.63, 3.8) is 0 Å². The fourth-order valence-electron chi connectivity index (χ4n) is 4.36. The van der Waals surface area contributed by atoms with Crippen LogP contribution in [0.4, 0.5) is 5.69 Å². The van der Waals surface area contributed by atoms with Gasteiger partial charge >= 0.3 is 0 Å². The molecule has 9 nitrogen and oxygen atoms in total. The predicted molar refractivity (Wildman–Crippen MR) is 160 cm³/mol. The molecule has 0 saturated carbocycles. The second-order valence-corrected chi connectivity index (χ2v) is 11.8. The number of hydrogen-bond acceptors (Lipinski definition) is 6. The van der Waals surface area contributed by atoms with E-state index >= 15 is 0 Å². The lowest BCUT2D eigenvalue weighted by molar-refractivity contribution is -0.140. The Morgan fingerprint density at radius 1 is 0.902 bits per heavy atom. The van der Waals surface area contributed by atoms with Crippen LogP contribution in [0.5, 0.6) is 11.5 Å². The van der Waals surface area contributed by atoms with Gasteiger partial charge in [0.1, 0.15) is 24.1 Å². The monoisotopic (exact) mass is 581 g/mol. The predicted octanol–water partition coefficient (Wildman–Crippen LogP) is 4.54. The van der Waals surface area contributed by atoms with Crippen LogP contribution in [0.25, 0.3) is 0 Å². The van der Waals surface area contributed by atoms with E-state index in [0.717, 1.165) is 15.4 Å². The van der Waals surface area contributed by atoms with Crippen molar-refractivity contribution in [2.75, 3.05) is 25.1 Å². The maximum Gasteiger partial charge on any atom is 0.264 e. The first kappa shape index (κ1) is 31.5. The maximum absolute atomic E-state index is 14.1. The zero-order valence-electron chi connectivity index (χ0n) is 24.5. The van der Waals surface area contributed by atoms with Crippen molar-refractivity contribution in [3.05, 3.63) is 83.9 Å². The summed E-state index contributed by atoms with van der Waals surface area (Å²) < 4.78 is 39.6. The molecule has 220 valence electrons. The van der Waals surface area contributed by atoms with Crippen LogP contribution in [0.2, 0.25) is 0 Å². The Morgan fingerprint density at radius 3 is 2.10 bits per heavy atom. The van der Waals surface area contributed by atoms with Crippen LogP contribution in [0.1, 0.15) is 38.3 Å². The van der Waals surface area contributed by atoms with E-state index in [2.05, 4.69) is 5.32 Å². The van der Waals surface area contributed by atoms with Gasteiger partial charge in [-0.25, -0.2) is 8.42 Å². The second kappa shape index (κ2) is 14.0. The van der Waals surface area contributed by atoms with Gasteiger partial charge in [0, 0.05) is 18.7 Å². The fourth-order valence-corrected chi connectivity index (χ4v) is 5.77. The Balaban J connectivity index is 2.07. The van der Waals surface area contributed by atoms with Crippen LogP contribution >= 0.6 is 0 Å². The largest absolute Gasteiger partial charge is 0.497 e. The minimum atomic E-state index is -4.16. The van der Waals surface area contributed by atoms with E-state index in [-0.39, 0.29) is 29.1 Å². The number of sulfonamides is 1. The third-order valence-electron chi connectivity index (χ3n) is 6.56. The average Bonchev–Trinajstić information content (AvgIpc) is 2.95. The Labute approximate surface area is 243 Å². The molecule has 0 radical (unpaired) electrons. The fraction of sp³-hybridized carbons (Fsp3) is 0.355. The highest BCUT2D eigenvalue weighted by Crippen LogP contribution is 2.28. The minimum Gasteiger partial charge on any atom is -0.497 e. The molecular formula is C31H39N3O6S. The van der Waals surface area contributed by atoms with E-state index in [1.165, 1.54) is 24.1 Å². The number of carbonyl (C=O) groups is 2. The highest BCUT2D eigenvalue weighted by Gasteiger charge is 2.34. The van der Waals surface area contributed by atoms with Gasteiger partial charge in [-0.15, -0.1) is 0 Å². The topological polar surface area (TPSA) is 105 Å². The number of nitrogens with zero attached hydrogens (tertiary/aromatic N) is 2. The molecule has 0 aromatic heterocycles. The molecule has 0 spiro atoms. The van der Waals surface area contributed by atoms with E-state index in [4.69, 9.17) is 9.47 Å². The summed E-state index contributed by atoms with van der Waals surface area (Å²) in [6.07, 6.45) is 0.338. The molecule has 1 N–H and O–H groups in total. The van der Waals surface area contributed by atoms with E-state index in [9.17, 15) is 18.0 Å². The van der Waals surface area contributed by atoms with Crippen molar-refractivity contribution in [1.82, 2.24) is 10.2 Å². The Hall–Kier alpha value is -4.05. The zero-order chi connectivity index (χ0) is 30.2. The number of ether oxygens (including phenoxy) is 2. The molecule has 41 heavy (non-hydrogen) atoms. The van der Waals surface area contributed by atoms with Crippen LogP contribution in [-0.4, -0.2) is 58.0 Å². The van der Waals surface area contributed by atoms with Crippen LogP contribution in [0, 0.1) is 6.92 Å². The van der Waals surface area contributed by atoms with Gasteiger partial charge in [-0.2, -0.15) is 0 Å². The van der Waals surface area contributed by atoms with Crippen molar-refractivity contribution in [1.29, 1.82) is 0 Å². The number of nitrogens with one attached hydrogen (secondary N) is 1. The van der Waals surface area contributed by atoms with Crippen LogP contribution < -0.4 is 19.1 Å². The number of hydrogen-bond donors (Lipinski definition) is 1. The molecule has 10 heteroatoms. The molecule has 1 unspecified atom stereocenters. The summed E-state index contributed by atoms with van der Waals surface area (Å²) in [7, 11) is -1.11. The zero-order valence-corrected chi connectivity index (χ0v) is 25.3. The molecular weight excluding hydrogens is 542 g/mol. The van der Waals surface area contributed by atoms with Crippen LogP contribution in [-0.2, 0) is 26.2 Å². The Morgan fingerprint density at radius 2 is 1.54 bits per heavy atom. The quantitative estimate of drug-likeness (QED) is 0.318. The highest BCUT2D eigenvalue weighted by atomic mass is 32.2. The summed E-state index contributed by atoms with van der Waals surface area (Å²) in [6.45, 7) is 6.96. The number of amides is 2. The standard InChI is InChI=1S/C31H39N3O6S/c1-7-29(31(36)32-22(2)3)33(20-24-13-15-26(39-5)16-14-24)30(35)21-34(25-9-8-10-27(19-25)40-6)41(37,38)28-17-11-23(4)12-18-28/h8-19,22,29H,7,20-21H2,1-6H3,(H,32,36). The summed E-state index contributed by atoms with van der Waals surface area (Å²) >= 11 is 0. The molecule has 3 rings (SSSR count). The molecule has 0 saturated heterocycles. The van der Waals surface area contributed by atoms with Gasteiger partial charge in [-0.1, -0.05) is 42.8 Å². The van der Waals surface area contributed by atoms with Gasteiger partial charge in [-0.3, -0.25) is 13.9 Å². The smallest absolute Gasteiger partial charge is 0.264 e. The lowest BCUT2D eigenvalue weighted by atomic mass is 10.1. The van der Waals surface area contributed by atoms with Crippen molar-refractivity contribution in [2.24, 2.45) is 0 Å². The Kier molecular flexibility index (Phi) is 10.8. The van der Waals surface area contributed by atoms with E-state index in [1.54, 1.807) is 55.6 Å². The molecule has 0 fully saturated rings. The van der Waals surface area contributed by atoms with Crippen molar-refractivity contribution in [2.45, 2.75) is 57.6 Å². The summed E-state index contributed by atoms with van der Waals surface area (Å²) in [5.74, 6) is 0.269. The molecule has 2 amide bonds. The van der Waals surface area contributed by atoms with Gasteiger partial charge in [0.2, 0.25) is 11.8 Å². The maximum atomic E-state index is 14.1. The number of anilines is 1. The summed E-state index contributed by atoms with van der Waals surface area (Å²) in [6, 6.07) is 19.2. The number of aryl methyl sites for hydroxylation is 1. The highest BCUT2D eigenvalue weighted by molar-refractivity contribution is 7.92. The molecule has 1 atom stereocenters. The first-order chi connectivity index (χ1) is 19.5. The lowest BCUT2D eigenvalue weighted by Crippen LogP contribution is -2.53. The van der Waals surface area contributed by atoms with Crippen molar-refractivity contribution < 1.29 is 27.5 Å². The van der Waals surface area contributed by atoms with E-state index < -0.39 is 28.5 Å². The minimum absolute atomic E-state index is 0.0463. The second-order valence-electron chi connectivity index (χ2n) is 9.98. The van der Waals surface area contributed by atoms with Gasteiger partial charge in [-0.05, 0) is 69.2 Å². The SMILES string of the molecule is CCC(C(=O)NC(C)C)N(Cc1ccc(OC)cc1)C(=O)CN(c1cccc(OC)c1)S(=O)(=O)c1ccc(C)cc1. The van der Waals surface area contributed by atoms with Crippen molar-refractivity contribution >= 4 is 27.5 Å². The third kappa shape index (κ3) is 8.00. The summed E-state index contributed by atoms with van der Waals surface area (Å²) in [4.78, 5) is 28.8. The molecule has 0 aliphatic carbocycles. The first-order valence-corrected chi connectivity index (χ1v) is 14.9. The van der Waals surface area contributed by atoms with E-state index in [1.807, 2.05) is 39.8 Å². The molecule has 3 aromatic carbocycles. The number of benzene rings is 3. The lowest BCUT2D eigenvalue weighted by Gasteiger charge is -2.33. The molecule has 0 heterocycles. The summed E-state index contributed by atoms with van der Waals surface area (Å²) in [5.41, 5.74) is 1.94. The van der Waals surface area contributed by atoms with E-state index in [0.29, 0.717) is 17.9 Å². The molecule has 3 aromatic rings.